The second-order valence-electron chi connectivity index (χ2n) is 5.41. The van der Waals surface area contributed by atoms with Crippen molar-refractivity contribution in [2.45, 2.75) is 26.2 Å². The van der Waals surface area contributed by atoms with Crippen molar-refractivity contribution >= 4 is 23.2 Å². The highest BCUT2D eigenvalue weighted by Gasteiger charge is 2.30. The monoisotopic (exact) mass is 293 g/mol. The molecule has 3 N–H and O–H groups in total. The first-order valence-corrected chi connectivity index (χ1v) is 7.12. The fraction of sp³-hybridized carbons (Fsp3) is 0.467. The first-order chi connectivity index (χ1) is 9.99. The number of likely N-dealkylation sites (tertiary alicyclic amines) is 1. The number of amides is 2. The molecule has 0 bridgehead atoms. The Bertz CT molecular complexity index is 548. The summed E-state index contributed by atoms with van der Waals surface area (Å²) in [6, 6.07) is 3.78. The summed E-state index contributed by atoms with van der Waals surface area (Å²) < 4.78 is 13.1. The predicted molar refractivity (Wildman–Crippen MR) is 79.0 cm³/mol. The minimum absolute atomic E-state index is 0.00388. The zero-order valence-corrected chi connectivity index (χ0v) is 12.1. The maximum absolute atomic E-state index is 13.1. The fourth-order valence-electron chi connectivity index (χ4n) is 2.61. The van der Waals surface area contributed by atoms with Gasteiger partial charge in [0.15, 0.2) is 0 Å². The van der Waals surface area contributed by atoms with Gasteiger partial charge in [-0.3, -0.25) is 9.59 Å². The van der Waals surface area contributed by atoms with E-state index in [2.05, 4.69) is 12.2 Å². The molecule has 6 heteroatoms. The number of anilines is 2. The number of carbonyl (C=O) groups excluding carboxylic acids is 2. The van der Waals surface area contributed by atoms with Crippen molar-refractivity contribution in [1.82, 2.24) is 4.90 Å². The zero-order valence-electron chi connectivity index (χ0n) is 12.1. The molecule has 0 radical (unpaired) electrons. The van der Waals surface area contributed by atoms with Crippen LogP contribution in [0.25, 0.3) is 0 Å². The molecule has 1 aromatic carbocycles. The summed E-state index contributed by atoms with van der Waals surface area (Å²) in [5.41, 5.74) is 6.20. The summed E-state index contributed by atoms with van der Waals surface area (Å²) in [6.07, 6.45) is 2.52. The van der Waals surface area contributed by atoms with Gasteiger partial charge in [-0.1, -0.05) is 13.3 Å². The average molecular weight is 293 g/mol. The Morgan fingerprint density at radius 3 is 3.00 bits per heavy atom. The van der Waals surface area contributed by atoms with E-state index < -0.39 is 5.82 Å². The zero-order chi connectivity index (χ0) is 15.4. The lowest BCUT2D eigenvalue weighted by Crippen LogP contribution is -2.34. The van der Waals surface area contributed by atoms with Crippen LogP contribution in [0.5, 0.6) is 0 Å². The third kappa shape index (κ3) is 3.93. The molecular formula is C15H20FN3O2. The van der Waals surface area contributed by atoms with Gasteiger partial charge in [-0.2, -0.15) is 0 Å². The van der Waals surface area contributed by atoms with Gasteiger partial charge in [0.05, 0.1) is 17.9 Å². The first-order valence-electron chi connectivity index (χ1n) is 7.12. The molecular weight excluding hydrogens is 273 g/mol. The third-order valence-electron chi connectivity index (χ3n) is 3.62. The Labute approximate surface area is 123 Å². The number of nitrogens with zero attached hydrogens (tertiary/aromatic N) is 1. The lowest BCUT2D eigenvalue weighted by Gasteiger charge is -2.16. The number of nitrogen functional groups attached to an aromatic ring is 1. The van der Waals surface area contributed by atoms with Crippen LogP contribution < -0.4 is 11.1 Å². The van der Waals surface area contributed by atoms with Crippen LogP contribution >= 0.6 is 0 Å². The molecule has 2 rings (SSSR count). The Morgan fingerprint density at radius 2 is 2.29 bits per heavy atom. The van der Waals surface area contributed by atoms with Crippen molar-refractivity contribution in [3.05, 3.63) is 24.0 Å². The van der Waals surface area contributed by atoms with Crippen LogP contribution in [0, 0.1) is 11.7 Å². The van der Waals surface area contributed by atoms with E-state index >= 15 is 0 Å². The second kappa shape index (κ2) is 6.56. The number of nitrogens with one attached hydrogen (secondary N) is 1. The van der Waals surface area contributed by atoms with Gasteiger partial charge in [0.25, 0.3) is 0 Å². The molecule has 0 aliphatic carbocycles. The van der Waals surface area contributed by atoms with Crippen LogP contribution in [0.1, 0.15) is 26.2 Å². The average Bonchev–Trinajstić information content (AvgIpc) is 2.74. The molecule has 0 spiro atoms. The van der Waals surface area contributed by atoms with Crippen LogP contribution in [0.4, 0.5) is 15.8 Å². The molecule has 1 aromatic rings. The third-order valence-corrected chi connectivity index (χ3v) is 3.62. The highest BCUT2D eigenvalue weighted by atomic mass is 19.1. The summed E-state index contributed by atoms with van der Waals surface area (Å²) in [5.74, 6) is -0.511. The molecule has 1 fully saturated rings. The molecule has 21 heavy (non-hydrogen) atoms. The van der Waals surface area contributed by atoms with Crippen molar-refractivity contribution in [2.75, 3.05) is 24.1 Å². The number of carbonyl (C=O) groups is 2. The molecule has 1 unspecified atom stereocenters. The van der Waals surface area contributed by atoms with Gasteiger partial charge in [-0.05, 0) is 30.5 Å². The lowest BCUT2D eigenvalue weighted by atomic mass is 10.0. The smallest absolute Gasteiger partial charge is 0.244 e. The number of benzene rings is 1. The SMILES string of the molecule is CCCC1CC(=O)N(CC(=O)Nc2cc(F)ccc2N)C1. The van der Waals surface area contributed by atoms with Crippen LogP contribution in [0.15, 0.2) is 18.2 Å². The molecule has 1 aliphatic heterocycles. The molecule has 2 amide bonds. The minimum Gasteiger partial charge on any atom is -0.397 e. The van der Waals surface area contributed by atoms with Crippen molar-refractivity contribution in [3.63, 3.8) is 0 Å². The lowest BCUT2D eigenvalue weighted by molar-refractivity contribution is -0.131. The van der Waals surface area contributed by atoms with Gasteiger partial charge in [0.2, 0.25) is 11.8 Å². The van der Waals surface area contributed by atoms with Crippen molar-refractivity contribution in [3.8, 4) is 0 Å². The van der Waals surface area contributed by atoms with Gasteiger partial charge >= 0.3 is 0 Å². The Balaban J connectivity index is 1.93. The maximum atomic E-state index is 13.1. The van der Waals surface area contributed by atoms with E-state index in [1.54, 1.807) is 4.90 Å². The highest BCUT2D eigenvalue weighted by molar-refractivity contribution is 5.97. The molecule has 0 saturated carbocycles. The number of hydrogen-bond acceptors (Lipinski definition) is 3. The maximum Gasteiger partial charge on any atom is 0.244 e. The van der Waals surface area contributed by atoms with Gasteiger partial charge in [-0.25, -0.2) is 4.39 Å². The van der Waals surface area contributed by atoms with Gasteiger partial charge in [-0.15, -0.1) is 0 Å². The number of hydrogen-bond donors (Lipinski definition) is 2. The minimum atomic E-state index is -0.472. The number of rotatable bonds is 5. The van der Waals surface area contributed by atoms with Crippen molar-refractivity contribution in [2.24, 2.45) is 5.92 Å². The Morgan fingerprint density at radius 1 is 1.52 bits per heavy atom. The summed E-state index contributed by atoms with van der Waals surface area (Å²) in [5, 5.41) is 2.55. The normalized spacial score (nSPS) is 18.1. The molecule has 1 atom stereocenters. The Hall–Kier alpha value is -2.11. The van der Waals surface area contributed by atoms with E-state index in [-0.39, 0.29) is 24.0 Å². The summed E-state index contributed by atoms with van der Waals surface area (Å²) in [4.78, 5) is 25.3. The standard InChI is InChI=1S/C15H20FN3O2/c1-2-3-10-6-15(21)19(8-10)9-14(20)18-13-7-11(16)4-5-12(13)17/h4-5,7,10H,2-3,6,8-9,17H2,1H3,(H,18,20). The van der Waals surface area contributed by atoms with Gasteiger partial charge in [0.1, 0.15) is 5.82 Å². The quantitative estimate of drug-likeness (QED) is 0.815. The molecule has 1 aliphatic rings. The van der Waals surface area contributed by atoms with E-state index in [9.17, 15) is 14.0 Å². The summed E-state index contributed by atoms with van der Waals surface area (Å²) in [6.45, 7) is 2.67. The van der Waals surface area contributed by atoms with E-state index in [1.165, 1.54) is 18.2 Å². The summed E-state index contributed by atoms with van der Waals surface area (Å²) >= 11 is 0. The van der Waals surface area contributed by atoms with Crippen molar-refractivity contribution < 1.29 is 14.0 Å². The van der Waals surface area contributed by atoms with Crippen LogP contribution in [0.2, 0.25) is 0 Å². The topological polar surface area (TPSA) is 75.4 Å². The number of nitrogens with two attached hydrogens (primary N) is 1. The first kappa shape index (κ1) is 15.3. The van der Waals surface area contributed by atoms with Crippen molar-refractivity contribution in [1.29, 1.82) is 0 Å². The molecule has 114 valence electrons. The fourth-order valence-corrected chi connectivity index (χ4v) is 2.61. The summed E-state index contributed by atoms with van der Waals surface area (Å²) in [7, 11) is 0. The predicted octanol–water partition coefficient (Wildman–Crippen LogP) is 1.99. The molecule has 1 heterocycles. The molecule has 0 aromatic heterocycles. The van der Waals surface area contributed by atoms with Crippen LogP contribution in [-0.2, 0) is 9.59 Å². The van der Waals surface area contributed by atoms with Gasteiger partial charge < -0.3 is 16.0 Å². The van der Waals surface area contributed by atoms with Crippen LogP contribution in [0.3, 0.4) is 0 Å². The second-order valence-corrected chi connectivity index (χ2v) is 5.41. The van der Waals surface area contributed by atoms with Crippen LogP contribution in [-0.4, -0.2) is 29.8 Å². The highest BCUT2D eigenvalue weighted by Crippen LogP contribution is 2.23. The molecule has 1 saturated heterocycles. The van der Waals surface area contributed by atoms with E-state index in [0.717, 1.165) is 12.8 Å². The van der Waals surface area contributed by atoms with E-state index in [4.69, 9.17) is 5.73 Å². The largest absolute Gasteiger partial charge is 0.397 e. The molecule has 5 nitrogen and oxygen atoms in total. The van der Waals surface area contributed by atoms with Gasteiger partial charge in [0, 0.05) is 13.0 Å². The van der Waals surface area contributed by atoms with E-state index in [1.807, 2.05) is 0 Å². The van der Waals surface area contributed by atoms with E-state index in [0.29, 0.717) is 24.6 Å². The Kier molecular flexibility index (Phi) is 4.77. The number of halogens is 1.